The highest BCUT2D eigenvalue weighted by Crippen LogP contribution is 2.37. The third-order valence-corrected chi connectivity index (χ3v) is 2.75. The van der Waals surface area contributed by atoms with Crippen molar-refractivity contribution < 1.29 is 14.3 Å². The zero-order valence-electron chi connectivity index (χ0n) is 9.63. The van der Waals surface area contributed by atoms with Crippen LogP contribution in [-0.2, 0) is 14.3 Å². The second-order valence-corrected chi connectivity index (χ2v) is 5.49. The van der Waals surface area contributed by atoms with E-state index in [1.165, 1.54) is 0 Å². The Labute approximate surface area is 90.3 Å². The van der Waals surface area contributed by atoms with Crippen LogP contribution in [0.3, 0.4) is 0 Å². The van der Waals surface area contributed by atoms with Crippen LogP contribution in [0.15, 0.2) is 0 Å². The van der Waals surface area contributed by atoms with Crippen molar-refractivity contribution >= 4 is 5.97 Å². The van der Waals surface area contributed by atoms with Gasteiger partial charge < -0.3 is 14.8 Å². The van der Waals surface area contributed by atoms with E-state index in [-0.39, 0.29) is 11.5 Å². The summed E-state index contributed by atoms with van der Waals surface area (Å²) in [7, 11) is 0. The minimum atomic E-state index is -0.435. The van der Waals surface area contributed by atoms with E-state index in [4.69, 9.17) is 9.47 Å². The highest BCUT2D eigenvalue weighted by molar-refractivity contribution is 5.75. The average molecular weight is 213 g/mol. The van der Waals surface area contributed by atoms with Crippen molar-refractivity contribution in [1.82, 2.24) is 5.32 Å². The third kappa shape index (κ3) is 2.69. The van der Waals surface area contributed by atoms with Crippen molar-refractivity contribution in [2.45, 2.75) is 50.9 Å². The zero-order chi connectivity index (χ0) is 11.1. The van der Waals surface area contributed by atoms with Gasteiger partial charge in [0.1, 0.15) is 5.60 Å². The molecule has 0 bridgehead atoms. The Balaban J connectivity index is 1.82. The summed E-state index contributed by atoms with van der Waals surface area (Å²) in [5.41, 5.74) is -0.242. The number of nitrogens with one attached hydrogen (secondary N) is 1. The lowest BCUT2D eigenvalue weighted by atomic mass is 10.1. The molecule has 1 atom stereocenters. The van der Waals surface area contributed by atoms with Crippen LogP contribution in [0.2, 0.25) is 0 Å². The maximum absolute atomic E-state index is 11.7. The predicted octanol–water partition coefficient (Wildman–Crippen LogP) is 0.849. The Morgan fingerprint density at radius 3 is 2.53 bits per heavy atom. The van der Waals surface area contributed by atoms with E-state index in [9.17, 15) is 4.79 Å². The Morgan fingerprint density at radius 2 is 2.13 bits per heavy atom. The molecule has 0 aromatic heterocycles. The van der Waals surface area contributed by atoms with Gasteiger partial charge in [-0.15, -0.1) is 0 Å². The summed E-state index contributed by atoms with van der Waals surface area (Å²) in [5, 5.41) is 3.36. The molecule has 2 fully saturated rings. The first-order valence-corrected chi connectivity index (χ1v) is 5.50. The van der Waals surface area contributed by atoms with Crippen LogP contribution in [-0.4, -0.2) is 36.4 Å². The molecule has 1 heterocycles. The largest absolute Gasteiger partial charge is 0.458 e. The zero-order valence-corrected chi connectivity index (χ0v) is 9.63. The number of esters is 1. The van der Waals surface area contributed by atoms with Crippen LogP contribution in [0, 0.1) is 0 Å². The molecule has 1 aliphatic carbocycles. The molecule has 1 N–H and O–H groups in total. The lowest BCUT2D eigenvalue weighted by molar-refractivity contribution is -0.171. The molecule has 2 aliphatic rings. The van der Waals surface area contributed by atoms with E-state index >= 15 is 0 Å². The Hall–Kier alpha value is -0.610. The Morgan fingerprint density at radius 1 is 1.47 bits per heavy atom. The fourth-order valence-electron chi connectivity index (χ4n) is 1.67. The minimum Gasteiger partial charge on any atom is -0.458 e. The van der Waals surface area contributed by atoms with Gasteiger partial charge in [0.25, 0.3) is 0 Å². The van der Waals surface area contributed by atoms with E-state index in [1.54, 1.807) is 0 Å². The van der Waals surface area contributed by atoms with Gasteiger partial charge in [-0.1, -0.05) is 0 Å². The maximum atomic E-state index is 11.7. The van der Waals surface area contributed by atoms with Crippen molar-refractivity contribution in [3.8, 4) is 0 Å². The molecule has 2 rings (SSSR count). The lowest BCUT2D eigenvalue weighted by Gasteiger charge is -2.31. The second-order valence-electron chi connectivity index (χ2n) is 5.49. The summed E-state index contributed by atoms with van der Waals surface area (Å²) >= 11 is 0. The molecular weight excluding hydrogens is 194 g/mol. The first-order valence-electron chi connectivity index (χ1n) is 5.50. The first-order chi connectivity index (χ1) is 6.90. The van der Waals surface area contributed by atoms with Crippen molar-refractivity contribution in [2.24, 2.45) is 0 Å². The molecule has 0 aromatic carbocycles. The number of ether oxygens (including phenoxy) is 2. The topological polar surface area (TPSA) is 47.6 Å². The van der Waals surface area contributed by atoms with Crippen LogP contribution >= 0.6 is 0 Å². The van der Waals surface area contributed by atoms with Crippen LogP contribution in [0.5, 0.6) is 0 Å². The van der Waals surface area contributed by atoms with Crippen molar-refractivity contribution in [1.29, 1.82) is 0 Å². The summed E-state index contributed by atoms with van der Waals surface area (Å²) in [6, 6.07) is 0. The van der Waals surface area contributed by atoms with Crippen LogP contribution < -0.4 is 5.32 Å². The number of rotatable bonds is 1. The van der Waals surface area contributed by atoms with E-state index in [0.29, 0.717) is 13.2 Å². The van der Waals surface area contributed by atoms with E-state index in [2.05, 4.69) is 5.32 Å². The smallest absolute Gasteiger partial charge is 0.337 e. The monoisotopic (exact) mass is 213 g/mol. The number of hydrogen-bond donors (Lipinski definition) is 1. The quantitative estimate of drug-likeness (QED) is 0.656. The van der Waals surface area contributed by atoms with Crippen molar-refractivity contribution in [2.75, 3.05) is 13.2 Å². The van der Waals surface area contributed by atoms with Gasteiger partial charge in [0, 0.05) is 12.1 Å². The lowest BCUT2D eigenvalue weighted by Crippen LogP contribution is -2.52. The molecule has 1 spiro atoms. The fraction of sp³-hybridized carbons (Fsp3) is 0.909. The van der Waals surface area contributed by atoms with Crippen molar-refractivity contribution in [3.05, 3.63) is 0 Å². The molecule has 4 heteroatoms. The molecule has 4 nitrogen and oxygen atoms in total. The second kappa shape index (κ2) is 3.46. The number of hydrogen-bond acceptors (Lipinski definition) is 4. The van der Waals surface area contributed by atoms with E-state index in [0.717, 1.165) is 12.8 Å². The third-order valence-electron chi connectivity index (χ3n) is 2.75. The number of carbonyl (C=O) groups is 1. The van der Waals surface area contributed by atoms with E-state index < -0.39 is 11.7 Å². The first kappa shape index (κ1) is 10.9. The summed E-state index contributed by atoms with van der Waals surface area (Å²) in [5.74, 6) is -0.259. The Kier molecular flexibility index (Phi) is 2.51. The fourth-order valence-corrected chi connectivity index (χ4v) is 1.67. The van der Waals surface area contributed by atoms with Gasteiger partial charge in [-0.3, -0.25) is 0 Å². The van der Waals surface area contributed by atoms with Crippen LogP contribution in [0.25, 0.3) is 0 Å². The highest BCUT2D eigenvalue weighted by Gasteiger charge is 2.47. The van der Waals surface area contributed by atoms with Gasteiger partial charge in [-0.25, -0.2) is 4.79 Å². The summed E-state index contributed by atoms with van der Waals surface area (Å²) in [4.78, 5) is 11.7. The number of morpholine rings is 1. The van der Waals surface area contributed by atoms with Crippen LogP contribution in [0.4, 0.5) is 0 Å². The summed E-state index contributed by atoms with van der Waals surface area (Å²) < 4.78 is 10.8. The molecule has 0 radical (unpaired) electrons. The molecule has 1 aliphatic heterocycles. The molecule has 0 amide bonds. The maximum Gasteiger partial charge on any atom is 0.337 e. The van der Waals surface area contributed by atoms with Crippen LogP contribution in [0.1, 0.15) is 33.6 Å². The van der Waals surface area contributed by atoms with Gasteiger partial charge in [-0.2, -0.15) is 0 Å². The Bertz CT molecular complexity index is 255. The molecule has 86 valence electrons. The predicted molar refractivity (Wildman–Crippen MR) is 55.6 cm³/mol. The molecule has 1 unspecified atom stereocenters. The standard InChI is InChI=1S/C11H19NO3/c1-10(2,3)15-9(13)8-6-12-11(4-5-11)7-14-8/h8,12H,4-7H2,1-3H3. The van der Waals surface area contributed by atoms with Gasteiger partial charge in [0.2, 0.25) is 0 Å². The summed E-state index contributed by atoms with van der Waals surface area (Å²) in [6.45, 7) is 6.81. The molecule has 1 saturated carbocycles. The van der Waals surface area contributed by atoms with Gasteiger partial charge in [0.05, 0.1) is 6.61 Å². The minimum absolute atomic E-state index is 0.193. The van der Waals surface area contributed by atoms with E-state index in [1.807, 2.05) is 20.8 Å². The molecule has 0 aromatic rings. The SMILES string of the molecule is CC(C)(C)OC(=O)C1CNC2(CC2)CO1. The van der Waals surface area contributed by atoms with Gasteiger partial charge in [-0.05, 0) is 33.6 Å². The average Bonchev–Trinajstić information content (AvgIpc) is 2.83. The van der Waals surface area contributed by atoms with Gasteiger partial charge >= 0.3 is 5.97 Å². The molecule has 1 saturated heterocycles. The highest BCUT2D eigenvalue weighted by atomic mass is 16.6. The molecular formula is C11H19NO3. The summed E-state index contributed by atoms with van der Waals surface area (Å²) in [6.07, 6.45) is 1.89. The normalized spacial score (nSPS) is 28.9. The molecule has 15 heavy (non-hydrogen) atoms. The number of carbonyl (C=O) groups excluding carboxylic acids is 1. The van der Waals surface area contributed by atoms with Crippen molar-refractivity contribution in [3.63, 3.8) is 0 Å². The van der Waals surface area contributed by atoms with Gasteiger partial charge in [0.15, 0.2) is 6.10 Å².